The Morgan fingerprint density at radius 3 is 2.42 bits per heavy atom. The second-order valence-corrected chi connectivity index (χ2v) is 9.42. The molecule has 2 aromatic rings. The topological polar surface area (TPSA) is 89.8 Å². The van der Waals surface area contributed by atoms with E-state index in [1.54, 1.807) is 13.2 Å². The summed E-state index contributed by atoms with van der Waals surface area (Å²) < 4.78 is 5.40. The van der Waals surface area contributed by atoms with Gasteiger partial charge in [-0.25, -0.2) is 0 Å². The average Bonchev–Trinajstić information content (AvgIpc) is 2.93. The molecular weight excluding hydrogens is 450 g/mol. The molecule has 7 nitrogen and oxygen atoms in total. The number of benzene rings is 2. The van der Waals surface area contributed by atoms with Gasteiger partial charge in [0.05, 0.1) is 12.7 Å². The van der Waals surface area contributed by atoms with Crippen molar-refractivity contribution in [2.45, 2.75) is 63.8 Å². The van der Waals surface area contributed by atoms with Crippen LogP contribution in [0.15, 0.2) is 59.6 Å². The van der Waals surface area contributed by atoms with Crippen molar-refractivity contribution in [2.75, 3.05) is 26.7 Å². The summed E-state index contributed by atoms with van der Waals surface area (Å²) >= 11 is 0. The number of nitriles is 1. The summed E-state index contributed by atoms with van der Waals surface area (Å²) in [4.78, 5) is 19.5. The Morgan fingerprint density at radius 2 is 1.78 bits per heavy atom. The lowest BCUT2D eigenvalue weighted by molar-refractivity contribution is 0.0926. The van der Waals surface area contributed by atoms with E-state index >= 15 is 0 Å². The largest absolute Gasteiger partial charge is 0.496 e. The maximum atomic E-state index is 13.1. The normalized spacial score (nSPS) is 19.7. The van der Waals surface area contributed by atoms with Gasteiger partial charge in [-0.05, 0) is 56.2 Å². The number of amides is 1. The van der Waals surface area contributed by atoms with Crippen molar-refractivity contribution in [3.05, 3.63) is 65.7 Å². The van der Waals surface area contributed by atoms with E-state index in [0.717, 1.165) is 51.6 Å². The number of hydrogen-bond acceptors (Lipinski definition) is 4. The third-order valence-corrected chi connectivity index (χ3v) is 7.10. The summed E-state index contributed by atoms with van der Waals surface area (Å²) in [5, 5.41) is 15.9. The van der Waals surface area contributed by atoms with Crippen molar-refractivity contribution in [1.29, 1.82) is 5.26 Å². The maximum Gasteiger partial charge on any atom is 0.255 e. The Balaban J connectivity index is 1.79. The second kappa shape index (κ2) is 13.5. The first-order valence-electron chi connectivity index (χ1n) is 13.0. The van der Waals surface area contributed by atoms with Gasteiger partial charge in [0.25, 0.3) is 5.91 Å². The molecule has 1 fully saturated rings. The van der Waals surface area contributed by atoms with Gasteiger partial charge < -0.3 is 20.3 Å². The van der Waals surface area contributed by atoms with Gasteiger partial charge in [-0.1, -0.05) is 56.3 Å². The molecule has 0 bridgehead atoms. The van der Waals surface area contributed by atoms with Crippen LogP contribution in [0.5, 0.6) is 5.75 Å². The molecule has 0 radical (unpaired) electrons. The van der Waals surface area contributed by atoms with Crippen LogP contribution in [-0.2, 0) is 5.41 Å². The van der Waals surface area contributed by atoms with Gasteiger partial charge in [-0.3, -0.25) is 4.79 Å². The predicted molar refractivity (Wildman–Crippen MR) is 144 cm³/mol. The van der Waals surface area contributed by atoms with E-state index in [-0.39, 0.29) is 11.3 Å². The first kappa shape index (κ1) is 27.1. The number of carbonyl (C=O) groups is 1. The fraction of sp³-hybridized carbons (Fsp3) is 0.483. The molecule has 1 amide bonds. The van der Waals surface area contributed by atoms with Crippen molar-refractivity contribution in [1.82, 2.24) is 15.5 Å². The highest BCUT2D eigenvalue weighted by atomic mass is 16.5. The molecule has 0 spiro atoms. The number of guanidine groups is 1. The molecule has 0 aliphatic heterocycles. The minimum Gasteiger partial charge on any atom is -0.496 e. The number of nitrogens with zero attached hydrogens (tertiary/aromatic N) is 3. The molecule has 1 saturated carbocycles. The van der Waals surface area contributed by atoms with Gasteiger partial charge in [0.2, 0.25) is 12.2 Å². The molecular formula is C29H39N5O2. The van der Waals surface area contributed by atoms with Gasteiger partial charge >= 0.3 is 0 Å². The molecule has 1 aliphatic carbocycles. The van der Waals surface area contributed by atoms with Crippen LogP contribution < -0.4 is 15.4 Å². The minimum atomic E-state index is -0.156. The maximum absolute atomic E-state index is 13.1. The Labute approximate surface area is 215 Å². The lowest BCUT2D eigenvalue weighted by Gasteiger charge is -2.45. The zero-order valence-electron chi connectivity index (χ0n) is 21.8. The SMILES string of the molecule is CCCNC(=NC#N)N(CCC)[C@H]1CC[C@@](CNC(=O)c2ccccc2OC)(c2ccccc2)CC1. The standard InChI is InChI=1S/C29H39N5O2/c1-4-19-31-28(33-22-30)34(20-5-2)24-15-17-29(18-16-24,23-11-7-6-8-12-23)21-32-27(35)25-13-9-10-14-26(25)36-3/h6-14,24H,4-5,15-21H2,1-3H3,(H,31,33)(H,32,35)/t24-,29+. The van der Waals surface area contributed by atoms with Gasteiger partial charge in [0, 0.05) is 31.1 Å². The van der Waals surface area contributed by atoms with Crippen molar-refractivity contribution in [3.63, 3.8) is 0 Å². The van der Waals surface area contributed by atoms with Crippen LogP contribution in [0.2, 0.25) is 0 Å². The number of ether oxygens (including phenoxy) is 1. The average molecular weight is 490 g/mol. The van der Waals surface area contributed by atoms with Crippen molar-refractivity contribution in [2.24, 2.45) is 4.99 Å². The smallest absolute Gasteiger partial charge is 0.255 e. The van der Waals surface area contributed by atoms with Crippen LogP contribution in [-0.4, -0.2) is 49.6 Å². The third kappa shape index (κ3) is 6.57. The fourth-order valence-electron chi connectivity index (χ4n) is 5.19. The van der Waals surface area contributed by atoms with E-state index in [9.17, 15) is 10.1 Å². The van der Waals surface area contributed by atoms with E-state index < -0.39 is 0 Å². The molecule has 7 heteroatoms. The first-order chi connectivity index (χ1) is 17.6. The molecule has 0 saturated heterocycles. The molecule has 0 atom stereocenters. The van der Waals surface area contributed by atoms with Gasteiger partial charge in [0.1, 0.15) is 5.75 Å². The molecule has 192 valence electrons. The summed E-state index contributed by atoms with van der Waals surface area (Å²) in [5.41, 5.74) is 1.64. The lowest BCUT2D eigenvalue weighted by atomic mass is 9.67. The van der Waals surface area contributed by atoms with Crippen molar-refractivity contribution < 1.29 is 9.53 Å². The number of rotatable bonds is 10. The minimum absolute atomic E-state index is 0.121. The van der Waals surface area contributed by atoms with Crippen LogP contribution in [0.3, 0.4) is 0 Å². The van der Waals surface area contributed by atoms with Gasteiger partial charge in [-0.15, -0.1) is 4.99 Å². The number of carbonyl (C=O) groups excluding carboxylic acids is 1. The monoisotopic (exact) mass is 489 g/mol. The van der Waals surface area contributed by atoms with Crippen LogP contribution in [0.25, 0.3) is 0 Å². The third-order valence-electron chi connectivity index (χ3n) is 7.10. The van der Waals surface area contributed by atoms with E-state index in [4.69, 9.17) is 4.74 Å². The summed E-state index contributed by atoms with van der Waals surface area (Å²) in [7, 11) is 1.58. The number of aliphatic imine (C=N–C) groups is 1. The Hall–Kier alpha value is -3.53. The Kier molecular flexibility index (Phi) is 10.2. The number of para-hydroxylation sites is 1. The van der Waals surface area contributed by atoms with E-state index in [2.05, 4.69) is 58.6 Å². The molecule has 2 aromatic carbocycles. The molecule has 1 aliphatic rings. The highest BCUT2D eigenvalue weighted by molar-refractivity contribution is 5.97. The van der Waals surface area contributed by atoms with Crippen LogP contribution >= 0.6 is 0 Å². The lowest BCUT2D eigenvalue weighted by Crippen LogP contribution is -2.52. The molecule has 2 N–H and O–H groups in total. The number of methoxy groups -OCH3 is 1. The highest BCUT2D eigenvalue weighted by Gasteiger charge is 2.39. The molecule has 0 unspecified atom stereocenters. The molecule has 0 aromatic heterocycles. The van der Waals surface area contributed by atoms with Crippen LogP contribution in [0, 0.1) is 11.5 Å². The van der Waals surface area contributed by atoms with Gasteiger partial charge in [-0.2, -0.15) is 5.26 Å². The Morgan fingerprint density at radius 1 is 1.08 bits per heavy atom. The highest BCUT2D eigenvalue weighted by Crippen LogP contribution is 2.40. The van der Waals surface area contributed by atoms with E-state index in [1.165, 1.54) is 5.56 Å². The quantitative estimate of drug-likeness (QED) is 0.283. The second-order valence-electron chi connectivity index (χ2n) is 9.42. The first-order valence-corrected chi connectivity index (χ1v) is 13.0. The van der Waals surface area contributed by atoms with E-state index in [1.807, 2.05) is 30.5 Å². The zero-order chi connectivity index (χ0) is 25.8. The van der Waals surface area contributed by atoms with E-state index in [0.29, 0.717) is 29.9 Å². The summed E-state index contributed by atoms with van der Waals surface area (Å²) in [6.07, 6.45) is 7.71. The Bertz CT molecular complexity index is 1040. The summed E-state index contributed by atoms with van der Waals surface area (Å²) in [5.74, 6) is 1.14. The van der Waals surface area contributed by atoms with Gasteiger partial charge in [0.15, 0.2) is 0 Å². The summed E-state index contributed by atoms with van der Waals surface area (Å²) in [6, 6.07) is 18.1. The summed E-state index contributed by atoms with van der Waals surface area (Å²) in [6.45, 7) is 6.46. The fourth-order valence-corrected chi connectivity index (χ4v) is 5.19. The number of hydrogen-bond donors (Lipinski definition) is 2. The van der Waals surface area contributed by atoms with Crippen LogP contribution in [0.4, 0.5) is 0 Å². The zero-order valence-corrected chi connectivity index (χ0v) is 21.8. The molecule has 3 rings (SSSR count). The predicted octanol–water partition coefficient (Wildman–Crippen LogP) is 4.85. The van der Waals surface area contributed by atoms with Crippen LogP contribution in [0.1, 0.15) is 68.3 Å². The molecule has 36 heavy (non-hydrogen) atoms. The van der Waals surface area contributed by atoms with Crippen molar-refractivity contribution >= 4 is 11.9 Å². The molecule has 0 heterocycles. The van der Waals surface area contributed by atoms with Crippen molar-refractivity contribution in [3.8, 4) is 11.9 Å². The number of nitrogens with one attached hydrogen (secondary N) is 2.